The lowest BCUT2D eigenvalue weighted by atomic mass is 9.99. The van der Waals surface area contributed by atoms with E-state index in [9.17, 15) is 35.4 Å². The number of carbonyl (C=O) groups is 1. The number of phenols is 2. The van der Waals surface area contributed by atoms with Crippen molar-refractivity contribution >= 4 is 5.78 Å². The number of aliphatic hydroxyl groups excluding tert-OH is 4. The van der Waals surface area contributed by atoms with Gasteiger partial charge in [-0.25, -0.2) is 0 Å². The van der Waals surface area contributed by atoms with Gasteiger partial charge in [-0.3, -0.25) is 4.79 Å². The van der Waals surface area contributed by atoms with Crippen molar-refractivity contribution < 1.29 is 49.6 Å². The molecule has 10 heteroatoms. The summed E-state index contributed by atoms with van der Waals surface area (Å²) < 4.78 is 15.6. The number of carbonyl (C=O) groups excluding carboxylic acids is 1. The van der Waals surface area contributed by atoms with Gasteiger partial charge in [-0.15, -0.1) is 0 Å². The molecule has 3 rings (SSSR count). The zero-order valence-corrected chi connectivity index (χ0v) is 15.9. The fourth-order valence-electron chi connectivity index (χ4n) is 3.01. The van der Waals surface area contributed by atoms with E-state index in [0.29, 0.717) is 5.75 Å². The first-order valence-corrected chi connectivity index (χ1v) is 8.98. The molecule has 1 heterocycles. The number of hydrogen-bond acceptors (Lipinski definition) is 10. The Balaban J connectivity index is 1.88. The van der Waals surface area contributed by atoms with E-state index in [-0.39, 0.29) is 11.1 Å². The molecule has 2 aromatic carbocycles. The molecule has 1 fully saturated rings. The number of ether oxygens (including phenoxy) is 3. The second-order valence-corrected chi connectivity index (χ2v) is 6.71. The van der Waals surface area contributed by atoms with Gasteiger partial charge in [0.2, 0.25) is 12.0 Å². The molecule has 6 N–H and O–H groups in total. The van der Waals surface area contributed by atoms with Crippen molar-refractivity contribution in [3.05, 3.63) is 47.5 Å². The smallest absolute Gasteiger partial charge is 0.229 e. The Morgan fingerprint density at radius 2 is 1.67 bits per heavy atom. The molecule has 10 nitrogen and oxygen atoms in total. The fraction of sp³-hybridized carbons (Fsp3) is 0.350. The van der Waals surface area contributed by atoms with E-state index in [2.05, 4.69) is 0 Å². The summed E-state index contributed by atoms with van der Waals surface area (Å²) in [7, 11) is 1.48. The Labute approximate surface area is 171 Å². The van der Waals surface area contributed by atoms with Crippen molar-refractivity contribution in [1.29, 1.82) is 0 Å². The maximum absolute atomic E-state index is 12.7. The van der Waals surface area contributed by atoms with E-state index in [1.807, 2.05) is 0 Å². The number of benzene rings is 2. The van der Waals surface area contributed by atoms with Gasteiger partial charge in [0.15, 0.2) is 17.3 Å². The van der Waals surface area contributed by atoms with Gasteiger partial charge in [-0.2, -0.15) is 0 Å². The van der Waals surface area contributed by atoms with Crippen molar-refractivity contribution in [1.82, 2.24) is 0 Å². The third-order valence-corrected chi connectivity index (χ3v) is 4.76. The van der Waals surface area contributed by atoms with Crippen molar-refractivity contribution in [2.75, 3.05) is 13.7 Å². The van der Waals surface area contributed by atoms with Crippen LogP contribution >= 0.6 is 0 Å². The zero-order valence-electron chi connectivity index (χ0n) is 15.9. The van der Waals surface area contributed by atoms with Crippen molar-refractivity contribution in [2.45, 2.75) is 30.7 Å². The standard InChI is InChI=1S/C20H22O10/c1-28-11-4-2-9(3-5-11)15(23)10-6-12(22)16(24)13(7-10)29-20-19(27)18(26)17(25)14(8-21)30-20/h2-7,14,17-22,24-27H,8H2,1H3/t14-,17-,18+,19-,20+/m1/s1. The lowest BCUT2D eigenvalue weighted by molar-refractivity contribution is -0.277. The maximum atomic E-state index is 12.7. The first-order chi connectivity index (χ1) is 14.3. The van der Waals surface area contributed by atoms with E-state index in [1.165, 1.54) is 19.2 Å². The third kappa shape index (κ3) is 4.18. The molecule has 0 unspecified atom stereocenters. The van der Waals surface area contributed by atoms with Crippen molar-refractivity contribution in [3.63, 3.8) is 0 Å². The highest BCUT2D eigenvalue weighted by atomic mass is 16.7. The minimum atomic E-state index is -1.73. The van der Waals surface area contributed by atoms with Crippen molar-refractivity contribution in [3.8, 4) is 23.0 Å². The summed E-state index contributed by atoms with van der Waals surface area (Å²) in [5.74, 6) is -1.73. The summed E-state index contributed by atoms with van der Waals surface area (Å²) in [6.45, 7) is -0.669. The van der Waals surface area contributed by atoms with Gasteiger partial charge in [0.25, 0.3) is 0 Å². The molecule has 0 spiro atoms. The molecule has 30 heavy (non-hydrogen) atoms. The molecule has 1 saturated heterocycles. The number of hydrogen-bond donors (Lipinski definition) is 6. The molecule has 5 atom stereocenters. The summed E-state index contributed by atoms with van der Waals surface area (Å²) in [6, 6.07) is 8.37. The largest absolute Gasteiger partial charge is 0.504 e. The Morgan fingerprint density at radius 3 is 2.27 bits per heavy atom. The summed E-state index contributed by atoms with van der Waals surface area (Å²) in [4.78, 5) is 12.7. The van der Waals surface area contributed by atoms with Crippen LogP contribution in [0.3, 0.4) is 0 Å². The number of phenolic OH excluding ortho intramolecular Hbond substituents is 2. The summed E-state index contributed by atoms with van der Waals surface area (Å²) >= 11 is 0. The lowest BCUT2D eigenvalue weighted by Crippen LogP contribution is -2.60. The van der Waals surface area contributed by atoms with Crippen LogP contribution in [0.15, 0.2) is 36.4 Å². The maximum Gasteiger partial charge on any atom is 0.229 e. The second-order valence-electron chi connectivity index (χ2n) is 6.71. The van der Waals surface area contributed by atoms with E-state index in [0.717, 1.165) is 12.1 Å². The van der Waals surface area contributed by atoms with Gasteiger partial charge in [-0.05, 0) is 36.4 Å². The van der Waals surface area contributed by atoms with Gasteiger partial charge in [0.1, 0.15) is 30.2 Å². The molecule has 2 aromatic rings. The Hall–Kier alpha value is -2.89. The van der Waals surface area contributed by atoms with Crippen LogP contribution in [-0.2, 0) is 4.74 Å². The average Bonchev–Trinajstić information content (AvgIpc) is 2.76. The van der Waals surface area contributed by atoms with Crippen LogP contribution in [0.5, 0.6) is 23.0 Å². The Kier molecular flexibility index (Phi) is 6.44. The third-order valence-electron chi connectivity index (χ3n) is 4.76. The van der Waals surface area contributed by atoms with Crippen molar-refractivity contribution in [2.24, 2.45) is 0 Å². The molecule has 1 aliphatic rings. The highest BCUT2D eigenvalue weighted by molar-refractivity contribution is 6.09. The minimum Gasteiger partial charge on any atom is -0.504 e. The molecule has 1 aliphatic heterocycles. The van der Waals surface area contributed by atoms with Gasteiger partial charge in [0, 0.05) is 11.1 Å². The van der Waals surface area contributed by atoms with E-state index >= 15 is 0 Å². The molecule has 0 aliphatic carbocycles. The Bertz CT molecular complexity index is 895. The topological polar surface area (TPSA) is 166 Å². The van der Waals surface area contributed by atoms with Crippen LogP contribution in [-0.4, -0.2) is 80.8 Å². The lowest BCUT2D eigenvalue weighted by Gasteiger charge is -2.39. The SMILES string of the molecule is COc1ccc(C(=O)c2cc(O)c(O)c(O[C@H]3O[C@H](CO)[C@@H](O)[C@H](O)[C@H]3O)c2)cc1. The normalized spacial score (nSPS) is 26.2. The summed E-state index contributed by atoms with van der Waals surface area (Å²) in [5, 5.41) is 59.1. The first-order valence-electron chi connectivity index (χ1n) is 8.98. The fourth-order valence-corrected chi connectivity index (χ4v) is 3.01. The second kappa shape index (κ2) is 8.86. The zero-order chi connectivity index (χ0) is 22.0. The molecular weight excluding hydrogens is 400 g/mol. The predicted octanol–water partition coefficient (Wildman–Crippen LogP) is -0.484. The van der Waals surface area contributed by atoms with E-state index in [4.69, 9.17) is 14.2 Å². The van der Waals surface area contributed by atoms with Crippen LogP contribution in [0.1, 0.15) is 15.9 Å². The van der Waals surface area contributed by atoms with Crippen LogP contribution in [0.2, 0.25) is 0 Å². The number of rotatable bonds is 6. The molecule has 0 radical (unpaired) electrons. The monoisotopic (exact) mass is 422 g/mol. The summed E-state index contributed by atoms with van der Waals surface area (Å²) in [6.07, 6.45) is -7.84. The molecular formula is C20H22O10. The Morgan fingerprint density at radius 1 is 1.00 bits per heavy atom. The van der Waals surface area contributed by atoms with Crippen LogP contribution < -0.4 is 9.47 Å². The number of methoxy groups -OCH3 is 1. The van der Waals surface area contributed by atoms with Crippen LogP contribution in [0.4, 0.5) is 0 Å². The van der Waals surface area contributed by atoms with Gasteiger partial charge in [-0.1, -0.05) is 0 Å². The molecule has 0 aromatic heterocycles. The highest BCUT2D eigenvalue weighted by Crippen LogP contribution is 2.39. The summed E-state index contributed by atoms with van der Waals surface area (Å²) in [5.41, 5.74) is 0.245. The predicted molar refractivity (Wildman–Crippen MR) is 101 cm³/mol. The highest BCUT2D eigenvalue weighted by Gasteiger charge is 2.45. The molecule has 0 bridgehead atoms. The van der Waals surface area contributed by atoms with Gasteiger partial charge < -0.3 is 44.8 Å². The number of aromatic hydroxyl groups is 2. The van der Waals surface area contributed by atoms with E-state index < -0.39 is 60.3 Å². The minimum absolute atomic E-state index is 0.0324. The van der Waals surface area contributed by atoms with Gasteiger partial charge in [0.05, 0.1) is 13.7 Å². The molecule has 0 amide bonds. The van der Waals surface area contributed by atoms with E-state index in [1.54, 1.807) is 12.1 Å². The first kappa shape index (κ1) is 21.8. The molecule has 0 saturated carbocycles. The van der Waals surface area contributed by atoms with Crippen LogP contribution in [0.25, 0.3) is 0 Å². The molecule has 162 valence electrons. The van der Waals surface area contributed by atoms with Crippen LogP contribution in [0, 0.1) is 0 Å². The number of ketones is 1. The van der Waals surface area contributed by atoms with Gasteiger partial charge >= 0.3 is 0 Å². The number of aliphatic hydroxyl groups is 4. The average molecular weight is 422 g/mol. The quantitative estimate of drug-likeness (QED) is 0.264.